The number of aromatic nitrogens is 2. The number of rotatable bonds is 8. The Labute approximate surface area is 199 Å². The smallest absolute Gasteiger partial charge is 0.304 e. The van der Waals surface area contributed by atoms with E-state index in [-0.39, 0.29) is 12.3 Å². The molecule has 3 heterocycles. The molecule has 34 heavy (non-hydrogen) atoms. The molecule has 0 saturated heterocycles. The van der Waals surface area contributed by atoms with Crippen LogP contribution in [-0.2, 0) is 17.6 Å². The Kier molecular flexibility index (Phi) is 6.21. The summed E-state index contributed by atoms with van der Waals surface area (Å²) in [7, 11) is 0. The van der Waals surface area contributed by atoms with Crippen molar-refractivity contribution in [2.75, 3.05) is 18.5 Å². The Morgan fingerprint density at radius 3 is 2.88 bits per heavy atom. The van der Waals surface area contributed by atoms with Crippen molar-refractivity contribution in [3.8, 4) is 5.75 Å². The van der Waals surface area contributed by atoms with E-state index in [1.165, 1.54) is 5.56 Å². The third-order valence-electron chi connectivity index (χ3n) is 6.51. The minimum atomic E-state index is -0.818. The van der Waals surface area contributed by atoms with Crippen molar-refractivity contribution in [1.82, 2.24) is 9.97 Å². The van der Waals surface area contributed by atoms with Crippen molar-refractivity contribution in [3.05, 3.63) is 88.7 Å². The van der Waals surface area contributed by atoms with E-state index in [1.807, 2.05) is 55.5 Å². The van der Waals surface area contributed by atoms with Crippen molar-refractivity contribution >= 4 is 22.7 Å². The molecule has 6 nitrogen and oxygen atoms in total. The largest absolute Gasteiger partial charge is 0.493 e. The fourth-order valence-electron chi connectivity index (χ4n) is 4.73. The van der Waals surface area contributed by atoms with E-state index in [0.717, 1.165) is 70.8 Å². The summed E-state index contributed by atoms with van der Waals surface area (Å²) in [5.41, 5.74) is 6.29. The number of ether oxygens (including phenoxy) is 1. The number of benzene rings is 2. The molecule has 2 aromatic heterocycles. The number of fused-ring (bicyclic) bond motifs is 2. The van der Waals surface area contributed by atoms with Gasteiger partial charge in [-0.2, -0.15) is 0 Å². The molecule has 2 aromatic carbocycles. The molecule has 6 heteroatoms. The lowest BCUT2D eigenvalue weighted by molar-refractivity contribution is -0.137. The molecule has 1 aliphatic heterocycles. The van der Waals surface area contributed by atoms with Crippen LogP contribution >= 0.6 is 0 Å². The van der Waals surface area contributed by atoms with Gasteiger partial charge in [0.25, 0.3) is 0 Å². The van der Waals surface area contributed by atoms with Gasteiger partial charge in [-0.05, 0) is 66.8 Å². The molecular weight excluding hydrogens is 426 g/mol. The topological polar surface area (TPSA) is 87.2 Å². The normalized spacial score (nSPS) is 13.8. The van der Waals surface area contributed by atoms with E-state index in [0.29, 0.717) is 6.61 Å². The second-order valence-corrected chi connectivity index (χ2v) is 8.92. The Bertz CT molecular complexity index is 1330. The second-order valence-electron chi connectivity index (χ2n) is 8.92. The molecule has 0 fully saturated rings. The molecule has 4 aromatic rings. The molecule has 1 atom stereocenters. The number of hydrogen-bond acceptors (Lipinski definition) is 4. The minimum Gasteiger partial charge on any atom is -0.493 e. The summed E-state index contributed by atoms with van der Waals surface area (Å²) in [6, 6.07) is 20.2. The molecular formula is C28H29N3O3. The number of pyridine rings is 1. The van der Waals surface area contributed by atoms with Crippen LogP contribution in [0.15, 0.2) is 60.7 Å². The summed E-state index contributed by atoms with van der Waals surface area (Å²) in [4.78, 5) is 19.8. The van der Waals surface area contributed by atoms with Crippen molar-refractivity contribution in [2.45, 2.75) is 38.5 Å². The first-order valence-electron chi connectivity index (χ1n) is 11.8. The van der Waals surface area contributed by atoms with Gasteiger partial charge >= 0.3 is 5.97 Å². The van der Waals surface area contributed by atoms with Gasteiger partial charge in [0, 0.05) is 41.2 Å². The molecule has 0 radical (unpaired) electrons. The molecule has 3 N–H and O–H groups in total. The highest BCUT2D eigenvalue weighted by molar-refractivity contribution is 5.82. The maximum Gasteiger partial charge on any atom is 0.304 e. The average Bonchev–Trinajstić information content (AvgIpc) is 3.26. The quantitative estimate of drug-likeness (QED) is 0.329. The van der Waals surface area contributed by atoms with Gasteiger partial charge in [0.05, 0.1) is 13.0 Å². The average molecular weight is 456 g/mol. The highest BCUT2D eigenvalue weighted by atomic mass is 16.5. The predicted octanol–water partition coefficient (Wildman–Crippen LogP) is 5.46. The second kappa shape index (κ2) is 9.59. The monoisotopic (exact) mass is 455 g/mol. The maximum atomic E-state index is 11.6. The number of carboxylic acids is 1. The van der Waals surface area contributed by atoms with Crippen LogP contribution in [0.5, 0.6) is 5.75 Å². The van der Waals surface area contributed by atoms with Crippen molar-refractivity contribution in [3.63, 3.8) is 0 Å². The molecule has 5 rings (SSSR count). The third-order valence-corrected chi connectivity index (χ3v) is 6.51. The highest BCUT2D eigenvalue weighted by Crippen LogP contribution is 2.33. The predicted molar refractivity (Wildman–Crippen MR) is 134 cm³/mol. The Morgan fingerprint density at radius 2 is 2.03 bits per heavy atom. The molecule has 174 valence electrons. The standard InChI is InChI=1S/C28H29N3O3/c1-18-5-2-3-7-23(18)24(17-27(32)33)26-16-20-15-22(10-11-25(20)31-26)34-14-12-21-9-8-19-6-4-13-29-28(19)30-21/h2-3,5,7-11,15-16,24,31H,4,6,12-14,17H2,1H3,(H,29,30)(H,32,33). The van der Waals surface area contributed by atoms with Crippen LogP contribution < -0.4 is 10.1 Å². The highest BCUT2D eigenvalue weighted by Gasteiger charge is 2.21. The summed E-state index contributed by atoms with van der Waals surface area (Å²) in [5, 5.41) is 13.9. The first kappa shape index (κ1) is 22.0. The van der Waals surface area contributed by atoms with Gasteiger partial charge in [0.1, 0.15) is 11.6 Å². The number of aliphatic carboxylic acids is 1. The van der Waals surface area contributed by atoms with Crippen LogP contribution in [0.4, 0.5) is 5.82 Å². The van der Waals surface area contributed by atoms with Gasteiger partial charge in [-0.15, -0.1) is 0 Å². The van der Waals surface area contributed by atoms with Gasteiger partial charge in [-0.3, -0.25) is 4.79 Å². The molecule has 0 saturated carbocycles. The van der Waals surface area contributed by atoms with Gasteiger partial charge in [-0.1, -0.05) is 30.3 Å². The van der Waals surface area contributed by atoms with Gasteiger partial charge in [0.15, 0.2) is 0 Å². The number of carboxylic acid groups (broad SMARTS) is 1. The van der Waals surface area contributed by atoms with Crippen LogP contribution in [0.2, 0.25) is 0 Å². The number of nitrogens with one attached hydrogen (secondary N) is 2. The Morgan fingerprint density at radius 1 is 1.15 bits per heavy atom. The molecule has 0 aliphatic carbocycles. The van der Waals surface area contributed by atoms with Crippen LogP contribution in [0.3, 0.4) is 0 Å². The number of nitrogens with zero attached hydrogens (tertiary/aromatic N) is 1. The number of carbonyl (C=O) groups is 1. The minimum absolute atomic E-state index is 0.0314. The zero-order valence-electron chi connectivity index (χ0n) is 19.3. The first-order chi connectivity index (χ1) is 16.6. The summed E-state index contributed by atoms with van der Waals surface area (Å²) in [6.07, 6.45) is 3.01. The summed E-state index contributed by atoms with van der Waals surface area (Å²) < 4.78 is 6.03. The lowest BCUT2D eigenvalue weighted by Gasteiger charge is -2.17. The third kappa shape index (κ3) is 4.76. The lowest BCUT2D eigenvalue weighted by Crippen LogP contribution is -2.14. The summed E-state index contributed by atoms with van der Waals surface area (Å²) in [6.45, 7) is 3.54. The van der Waals surface area contributed by atoms with Crippen molar-refractivity contribution in [1.29, 1.82) is 0 Å². The molecule has 0 bridgehead atoms. The number of hydrogen-bond donors (Lipinski definition) is 3. The maximum absolute atomic E-state index is 11.6. The zero-order valence-corrected chi connectivity index (χ0v) is 19.3. The number of H-pyrrole nitrogens is 1. The number of anilines is 1. The molecule has 1 unspecified atom stereocenters. The van der Waals surface area contributed by atoms with E-state index in [4.69, 9.17) is 9.72 Å². The van der Waals surface area contributed by atoms with Crippen LogP contribution in [0.25, 0.3) is 10.9 Å². The van der Waals surface area contributed by atoms with Crippen LogP contribution in [0, 0.1) is 6.92 Å². The van der Waals surface area contributed by atoms with E-state index >= 15 is 0 Å². The Hall–Kier alpha value is -3.80. The number of aryl methyl sites for hydroxylation is 2. The van der Waals surface area contributed by atoms with E-state index < -0.39 is 5.97 Å². The van der Waals surface area contributed by atoms with Gasteiger partial charge < -0.3 is 20.1 Å². The molecule has 0 amide bonds. The zero-order chi connectivity index (χ0) is 23.5. The molecule has 1 aliphatic rings. The lowest BCUT2D eigenvalue weighted by atomic mass is 9.89. The van der Waals surface area contributed by atoms with Crippen LogP contribution in [0.1, 0.15) is 46.8 Å². The number of aromatic amines is 1. The summed E-state index contributed by atoms with van der Waals surface area (Å²) in [5.74, 6) is 0.746. The van der Waals surface area contributed by atoms with Crippen molar-refractivity contribution in [2.24, 2.45) is 0 Å². The van der Waals surface area contributed by atoms with E-state index in [2.05, 4.69) is 22.4 Å². The first-order valence-corrected chi connectivity index (χ1v) is 11.8. The van der Waals surface area contributed by atoms with Gasteiger partial charge in [0.2, 0.25) is 0 Å². The SMILES string of the molecule is Cc1ccccc1C(CC(=O)O)c1cc2cc(OCCc3ccc4c(n3)NCCC4)ccc2[nH]1. The fourth-order valence-corrected chi connectivity index (χ4v) is 4.73. The van der Waals surface area contributed by atoms with E-state index in [9.17, 15) is 9.90 Å². The van der Waals surface area contributed by atoms with Crippen molar-refractivity contribution < 1.29 is 14.6 Å². The molecule has 0 spiro atoms. The fraction of sp³-hybridized carbons (Fsp3) is 0.286. The summed E-state index contributed by atoms with van der Waals surface area (Å²) >= 11 is 0. The van der Waals surface area contributed by atoms with E-state index in [1.54, 1.807) is 0 Å². The van der Waals surface area contributed by atoms with Crippen LogP contribution in [-0.4, -0.2) is 34.2 Å². The van der Waals surface area contributed by atoms with Gasteiger partial charge in [-0.25, -0.2) is 4.98 Å². The Balaban J connectivity index is 1.31.